The lowest BCUT2D eigenvalue weighted by molar-refractivity contribution is 1.10. The molecule has 0 unspecified atom stereocenters. The predicted molar refractivity (Wildman–Crippen MR) is 241 cm³/mol. The molecule has 6 aromatic heterocycles. The topological polar surface area (TPSA) is 66.7 Å². The standard InChI is InChI=1S/C51H31N9/c1-6-20-38(56-45-27-13-14-28-46(45)59-41-23-9-4-18-36(41)53-50(56)59)33(15-1)34-16-2-7-21-39(34)57-47-30-29-32(31-48(47)60-42-24-10-5-19-37(42)54-51(57)60)55-43-25-11-12-26-44(43)58-40-22-8-3-17-35(40)52-49(55)58/h1-31H. The van der Waals surface area contributed by atoms with Crippen molar-refractivity contribution in [2.45, 2.75) is 0 Å². The number of aromatic nitrogens is 9. The molecule has 14 aromatic rings. The molecule has 9 nitrogen and oxygen atoms in total. The first kappa shape index (κ1) is 31.6. The van der Waals surface area contributed by atoms with E-state index in [-0.39, 0.29) is 0 Å². The van der Waals surface area contributed by atoms with Gasteiger partial charge in [-0.25, -0.2) is 15.0 Å². The summed E-state index contributed by atoms with van der Waals surface area (Å²) in [5.74, 6) is 2.60. The molecule has 0 aliphatic rings. The molecule has 0 spiro atoms. The zero-order chi connectivity index (χ0) is 39.1. The second-order valence-electron chi connectivity index (χ2n) is 15.4. The van der Waals surface area contributed by atoms with Gasteiger partial charge in [-0.2, -0.15) is 0 Å². The number of imidazole rings is 6. The van der Waals surface area contributed by atoms with Crippen LogP contribution in [-0.2, 0) is 0 Å². The molecule has 0 radical (unpaired) electrons. The van der Waals surface area contributed by atoms with Crippen LogP contribution in [0.15, 0.2) is 188 Å². The normalized spacial score (nSPS) is 12.3. The summed E-state index contributed by atoms with van der Waals surface area (Å²) < 4.78 is 13.8. The van der Waals surface area contributed by atoms with E-state index in [9.17, 15) is 0 Å². The average Bonchev–Trinajstić information content (AvgIpc) is 4.14. The van der Waals surface area contributed by atoms with Crippen molar-refractivity contribution in [1.82, 2.24) is 41.9 Å². The molecule has 0 aliphatic heterocycles. The Balaban J connectivity index is 1.05. The fourth-order valence-corrected chi connectivity index (χ4v) is 9.75. The lowest BCUT2D eigenvalue weighted by Crippen LogP contribution is -2.02. The van der Waals surface area contributed by atoms with E-state index in [4.69, 9.17) is 15.0 Å². The van der Waals surface area contributed by atoms with Crippen LogP contribution in [0.4, 0.5) is 0 Å². The van der Waals surface area contributed by atoms with Gasteiger partial charge in [0.25, 0.3) is 0 Å². The second kappa shape index (κ2) is 11.6. The van der Waals surface area contributed by atoms with Gasteiger partial charge in [0.15, 0.2) is 0 Å². The molecule has 0 fully saturated rings. The lowest BCUT2D eigenvalue weighted by Gasteiger charge is -2.17. The maximum atomic E-state index is 5.35. The number of nitrogens with zero attached hydrogens (tertiary/aromatic N) is 9. The van der Waals surface area contributed by atoms with Crippen LogP contribution in [0, 0.1) is 0 Å². The van der Waals surface area contributed by atoms with Crippen molar-refractivity contribution in [3.8, 4) is 28.2 Å². The molecular weight excluding hydrogens is 739 g/mol. The summed E-state index contributed by atoms with van der Waals surface area (Å²) in [4.78, 5) is 15.8. The maximum absolute atomic E-state index is 5.35. The van der Waals surface area contributed by atoms with Crippen molar-refractivity contribution in [3.05, 3.63) is 188 Å². The van der Waals surface area contributed by atoms with E-state index in [2.05, 4.69) is 209 Å². The molecule has 0 aliphatic carbocycles. The van der Waals surface area contributed by atoms with E-state index >= 15 is 0 Å². The van der Waals surface area contributed by atoms with Crippen LogP contribution in [-0.4, -0.2) is 41.9 Å². The average molecular weight is 770 g/mol. The Kier molecular flexibility index (Phi) is 6.11. The van der Waals surface area contributed by atoms with Crippen molar-refractivity contribution < 1.29 is 0 Å². The van der Waals surface area contributed by atoms with Gasteiger partial charge in [0.05, 0.1) is 83.3 Å². The Labute approximate surface area is 340 Å². The molecule has 0 saturated heterocycles. The van der Waals surface area contributed by atoms with Crippen LogP contribution in [0.3, 0.4) is 0 Å². The molecule has 0 atom stereocenters. The van der Waals surface area contributed by atoms with Crippen LogP contribution in [0.1, 0.15) is 0 Å². The highest BCUT2D eigenvalue weighted by molar-refractivity contribution is 5.98. The molecule has 8 aromatic carbocycles. The van der Waals surface area contributed by atoms with Gasteiger partial charge < -0.3 is 0 Å². The van der Waals surface area contributed by atoms with Crippen molar-refractivity contribution in [2.24, 2.45) is 0 Å². The van der Waals surface area contributed by atoms with Gasteiger partial charge >= 0.3 is 0 Å². The van der Waals surface area contributed by atoms with Crippen molar-refractivity contribution in [3.63, 3.8) is 0 Å². The second-order valence-corrected chi connectivity index (χ2v) is 15.4. The number of para-hydroxylation sites is 12. The summed E-state index contributed by atoms with van der Waals surface area (Å²) in [6.45, 7) is 0. The molecule has 60 heavy (non-hydrogen) atoms. The van der Waals surface area contributed by atoms with E-state index in [1.54, 1.807) is 0 Å². The van der Waals surface area contributed by atoms with Gasteiger partial charge in [-0.15, -0.1) is 0 Å². The van der Waals surface area contributed by atoms with E-state index in [1.165, 1.54) is 0 Å². The molecule has 0 bridgehead atoms. The van der Waals surface area contributed by atoms with Gasteiger partial charge in [0, 0.05) is 11.1 Å². The summed E-state index contributed by atoms with van der Waals surface area (Å²) in [5.41, 5.74) is 17.9. The molecular formula is C51H31N9. The quantitative estimate of drug-likeness (QED) is 0.179. The van der Waals surface area contributed by atoms with Crippen molar-refractivity contribution in [1.29, 1.82) is 0 Å². The fourth-order valence-electron chi connectivity index (χ4n) is 9.75. The molecule has 0 N–H and O–H groups in total. The zero-order valence-corrected chi connectivity index (χ0v) is 31.9. The largest absolute Gasteiger partial charge is 0.278 e. The third kappa shape index (κ3) is 4.07. The smallest absolute Gasteiger partial charge is 0.220 e. The molecule has 0 amide bonds. The summed E-state index contributed by atoms with van der Waals surface area (Å²) in [6, 6.07) is 66.4. The minimum absolute atomic E-state index is 0.843. The summed E-state index contributed by atoms with van der Waals surface area (Å²) >= 11 is 0. The Hall–Kier alpha value is -8.43. The van der Waals surface area contributed by atoms with E-state index in [0.717, 1.165) is 112 Å². The number of hydrogen-bond donors (Lipinski definition) is 0. The Morgan fingerprint density at radius 2 is 0.617 bits per heavy atom. The van der Waals surface area contributed by atoms with Crippen molar-refractivity contribution in [2.75, 3.05) is 0 Å². The highest BCUT2D eigenvalue weighted by Crippen LogP contribution is 2.40. The minimum atomic E-state index is 0.843. The maximum Gasteiger partial charge on any atom is 0.220 e. The van der Waals surface area contributed by atoms with Crippen LogP contribution >= 0.6 is 0 Å². The first-order valence-electron chi connectivity index (χ1n) is 20.1. The Morgan fingerprint density at radius 3 is 1.12 bits per heavy atom. The van der Waals surface area contributed by atoms with E-state index in [1.807, 2.05) is 6.07 Å². The monoisotopic (exact) mass is 769 g/mol. The number of rotatable bonds is 4. The summed E-state index contributed by atoms with van der Waals surface area (Å²) in [7, 11) is 0. The van der Waals surface area contributed by atoms with Crippen molar-refractivity contribution >= 4 is 83.5 Å². The predicted octanol–water partition coefficient (Wildman–Crippen LogP) is 11.6. The van der Waals surface area contributed by atoms with Gasteiger partial charge in [-0.3, -0.25) is 26.9 Å². The van der Waals surface area contributed by atoms with Gasteiger partial charge in [-0.05, 0) is 91.0 Å². The molecule has 6 heterocycles. The molecule has 14 rings (SSSR count). The molecule has 9 heteroatoms. The lowest BCUT2D eigenvalue weighted by atomic mass is 10.0. The van der Waals surface area contributed by atoms with Gasteiger partial charge in [0.1, 0.15) is 0 Å². The SMILES string of the molecule is c1ccc(-n2c3ccccc3n3c4ccccc4nc23)c(-c2ccccc2-n2c3ccc(-n4c5ccccc5n5c6ccccc6nc45)cc3n3c4ccccc4nc23)c1. The number of benzene rings is 8. The van der Waals surface area contributed by atoms with Crippen LogP contribution < -0.4 is 0 Å². The third-order valence-electron chi connectivity index (χ3n) is 12.2. The highest BCUT2D eigenvalue weighted by Gasteiger charge is 2.24. The zero-order valence-electron chi connectivity index (χ0n) is 31.9. The van der Waals surface area contributed by atoms with Crippen LogP contribution in [0.25, 0.3) is 112 Å². The Morgan fingerprint density at radius 1 is 0.267 bits per heavy atom. The highest BCUT2D eigenvalue weighted by atomic mass is 15.2. The molecule has 280 valence electrons. The molecule has 0 saturated carbocycles. The summed E-state index contributed by atoms with van der Waals surface area (Å²) in [6.07, 6.45) is 0. The number of hydrogen-bond acceptors (Lipinski definition) is 3. The summed E-state index contributed by atoms with van der Waals surface area (Å²) in [5, 5.41) is 0. The minimum Gasteiger partial charge on any atom is -0.278 e. The van der Waals surface area contributed by atoms with E-state index < -0.39 is 0 Å². The Bertz CT molecular complexity index is 4090. The first-order chi connectivity index (χ1) is 29.8. The van der Waals surface area contributed by atoms with Gasteiger partial charge in [0.2, 0.25) is 17.3 Å². The van der Waals surface area contributed by atoms with Crippen LogP contribution in [0.2, 0.25) is 0 Å². The van der Waals surface area contributed by atoms with Crippen LogP contribution in [0.5, 0.6) is 0 Å². The first-order valence-corrected chi connectivity index (χ1v) is 20.1. The van der Waals surface area contributed by atoms with Gasteiger partial charge in [-0.1, -0.05) is 97.1 Å². The fraction of sp³-hybridized carbons (Fsp3) is 0. The number of fused-ring (bicyclic) bond motifs is 15. The third-order valence-corrected chi connectivity index (χ3v) is 12.2. The van der Waals surface area contributed by atoms with E-state index in [0.29, 0.717) is 0 Å².